The highest BCUT2D eigenvalue weighted by molar-refractivity contribution is 7.81. The lowest BCUT2D eigenvalue weighted by Crippen LogP contribution is -2.03. The second-order valence-corrected chi connectivity index (χ2v) is 2.89. The maximum atomic E-state index is 9.84. The van der Waals surface area contributed by atoms with Crippen LogP contribution in [0.3, 0.4) is 0 Å². The maximum Gasteiger partial charge on any atom is 0.212 e. The molecule has 0 N–H and O–H groups in total. The number of carbonyl (C=O) groups excluding carboxylic acids is 1. The standard InChI is InChI=1S/C6H11OS/c1-5(2)3-6(8)4-7/h5-6,8H,3H2,1-2H3/t6-/m0/s1. The molecule has 0 bridgehead atoms. The minimum absolute atomic E-state index is 0.185. The summed E-state index contributed by atoms with van der Waals surface area (Å²) in [6.07, 6.45) is 2.64. The summed E-state index contributed by atoms with van der Waals surface area (Å²) in [5.74, 6) is 0.541. The Labute approximate surface area is 55.9 Å². The van der Waals surface area contributed by atoms with Crippen LogP contribution in [0.4, 0.5) is 0 Å². The number of hydrogen-bond donors (Lipinski definition) is 1. The zero-order valence-electron chi connectivity index (χ0n) is 5.22. The summed E-state index contributed by atoms with van der Waals surface area (Å²) in [5, 5.41) is -0.185. The third kappa shape index (κ3) is 4.19. The lowest BCUT2D eigenvalue weighted by Gasteiger charge is -2.03. The number of rotatable bonds is 3. The Balaban J connectivity index is 3.23. The van der Waals surface area contributed by atoms with Gasteiger partial charge in [0.15, 0.2) is 0 Å². The molecule has 2 heteroatoms. The van der Waals surface area contributed by atoms with E-state index in [1.54, 1.807) is 0 Å². The smallest absolute Gasteiger partial charge is 0.212 e. The topological polar surface area (TPSA) is 17.1 Å². The fourth-order valence-corrected chi connectivity index (χ4v) is 0.916. The van der Waals surface area contributed by atoms with Gasteiger partial charge in [0.1, 0.15) is 0 Å². The minimum Gasteiger partial charge on any atom is -0.290 e. The van der Waals surface area contributed by atoms with Crippen LogP contribution >= 0.6 is 12.6 Å². The molecule has 0 saturated carbocycles. The second kappa shape index (κ2) is 3.96. The molecule has 1 nitrogen and oxygen atoms in total. The third-order valence-electron chi connectivity index (χ3n) is 0.831. The Kier molecular flexibility index (Phi) is 3.97. The molecule has 0 amide bonds. The highest BCUT2D eigenvalue weighted by Gasteiger charge is 2.03. The Bertz CT molecular complexity index is 70.9. The van der Waals surface area contributed by atoms with Gasteiger partial charge in [0.2, 0.25) is 6.29 Å². The average Bonchev–Trinajstić information content (AvgIpc) is 1.65. The summed E-state index contributed by atoms with van der Waals surface area (Å²) in [6.45, 7) is 4.11. The largest absolute Gasteiger partial charge is 0.290 e. The molecule has 0 aliphatic rings. The zero-order valence-corrected chi connectivity index (χ0v) is 6.11. The fourth-order valence-electron chi connectivity index (χ4n) is 0.495. The molecule has 0 fully saturated rings. The molecule has 1 radical (unpaired) electrons. The maximum absolute atomic E-state index is 9.84. The first-order valence-corrected chi connectivity index (χ1v) is 3.24. The predicted molar refractivity (Wildman–Crippen MR) is 37.9 cm³/mol. The van der Waals surface area contributed by atoms with E-state index in [4.69, 9.17) is 0 Å². The van der Waals surface area contributed by atoms with Crippen LogP contribution in [0.5, 0.6) is 0 Å². The molecule has 0 saturated heterocycles. The molecule has 0 aliphatic heterocycles. The molecule has 0 spiro atoms. The van der Waals surface area contributed by atoms with Gasteiger partial charge in [0.25, 0.3) is 0 Å². The summed E-state index contributed by atoms with van der Waals surface area (Å²) >= 11 is 3.95. The fraction of sp³-hybridized carbons (Fsp3) is 0.833. The van der Waals surface area contributed by atoms with Gasteiger partial charge in [-0.05, 0) is 12.3 Å². The van der Waals surface area contributed by atoms with E-state index in [1.807, 2.05) is 6.29 Å². The van der Waals surface area contributed by atoms with E-state index in [9.17, 15) is 4.79 Å². The minimum atomic E-state index is -0.185. The van der Waals surface area contributed by atoms with Gasteiger partial charge in [-0.3, -0.25) is 4.79 Å². The summed E-state index contributed by atoms with van der Waals surface area (Å²) in [4.78, 5) is 9.84. The van der Waals surface area contributed by atoms with Crippen molar-refractivity contribution in [3.8, 4) is 0 Å². The van der Waals surface area contributed by atoms with Crippen LogP contribution in [0.2, 0.25) is 0 Å². The Morgan fingerprint density at radius 2 is 2.12 bits per heavy atom. The molecule has 1 atom stereocenters. The van der Waals surface area contributed by atoms with E-state index in [2.05, 4.69) is 26.5 Å². The highest BCUT2D eigenvalue weighted by Crippen LogP contribution is 2.06. The van der Waals surface area contributed by atoms with Crippen LogP contribution in [-0.2, 0) is 4.79 Å². The van der Waals surface area contributed by atoms with E-state index in [0.29, 0.717) is 5.92 Å². The number of hydrogen-bond acceptors (Lipinski definition) is 2. The van der Waals surface area contributed by atoms with Crippen molar-refractivity contribution in [2.24, 2.45) is 5.92 Å². The van der Waals surface area contributed by atoms with Gasteiger partial charge in [-0.2, -0.15) is 12.6 Å². The molecule has 0 heterocycles. The summed E-state index contributed by atoms with van der Waals surface area (Å²) in [7, 11) is 0. The van der Waals surface area contributed by atoms with E-state index in [-0.39, 0.29) is 5.25 Å². The molecular formula is C6H11OS. The van der Waals surface area contributed by atoms with Gasteiger partial charge in [-0.15, -0.1) is 0 Å². The normalized spacial score (nSPS) is 14.0. The van der Waals surface area contributed by atoms with Crippen molar-refractivity contribution < 1.29 is 4.79 Å². The van der Waals surface area contributed by atoms with Crippen LogP contribution in [-0.4, -0.2) is 11.5 Å². The average molecular weight is 131 g/mol. The summed E-state index contributed by atoms with van der Waals surface area (Å²) in [5.41, 5.74) is 0. The quantitative estimate of drug-likeness (QED) is 0.573. The van der Waals surface area contributed by atoms with Crippen molar-refractivity contribution in [1.29, 1.82) is 0 Å². The molecule has 8 heavy (non-hydrogen) atoms. The van der Waals surface area contributed by atoms with E-state index >= 15 is 0 Å². The van der Waals surface area contributed by atoms with E-state index in [1.165, 1.54) is 0 Å². The first-order valence-electron chi connectivity index (χ1n) is 2.72. The molecule has 0 aliphatic carbocycles. The van der Waals surface area contributed by atoms with Crippen LogP contribution in [0.1, 0.15) is 20.3 Å². The summed E-state index contributed by atoms with van der Waals surface area (Å²) in [6, 6.07) is 0. The zero-order chi connectivity index (χ0) is 6.57. The lowest BCUT2D eigenvalue weighted by atomic mass is 10.1. The predicted octanol–water partition coefficient (Wildman–Crippen LogP) is 1.44. The monoisotopic (exact) mass is 131 g/mol. The van der Waals surface area contributed by atoms with Gasteiger partial charge < -0.3 is 0 Å². The number of thiol groups is 1. The van der Waals surface area contributed by atoms with Crippen molar-refractivity contribution in [2.75, 3.05) is 0 Å². The third-order valence-corrected chi connectivity index (χ3v) is 1.15. The van der Waals surface area contributed by atoms with E-state index in [0.717, 1.165) is 6.42 Å². The van der Waals surface area contributed by atoms with Gasteiger partial charge in [-0.25, -0.2) is 0 Å². The van der Waals surface area contributed by atoms with Gasteiger partial charge in [0.05, 0.1) is 5.25 Å². The summed E-state index contributed by atoms with van der Waals surface area (Å²) < 4.78 is 0. The Hall–Kier alpha value is 0.0200. The van der Waals surface area contributed by atoms with Gasteiger partial charge >= 0.3 is 0 Å². The van der Waals surface area contributed by atoms with Crippen molar-refractivity contribution in [1.82, 2.24) is 0 Å². The molecule has 0 rings (SSSR count). The van der Waals surface area contributed by atoms with E-state index < -0.39 is 0 Å². The van der Waals surface area contributed by atoms with Crippen LogP contribution < -0.4 is 0 Å². The van der Waals surface area contributed by atoms with Crippen molar-refractivity contribution in [3.05, 3.63) is 0 Å². The second-order valence-electron chi connectivity index (χ2n) is 2.26. The van der Waals surface area contributed by atoms with Gasteiger partial charge in [-0.1, -0.05) is 13.8 Å². The molecule has 0 aromatic rings. The van der Waals surface area contributed by atoms with Crippen molar-refractivity contribution >= 4 is 18.9 Å². The SMILES string of the molecule is CC(C)C[C@H](S)[C]=O. The Morgan fingerprint density at radius 1 is 1.62 bits per heavy atom. The molecule has 0 aromatic carbocycles. The van der Waals surface area contributed by atoms with Crippen molar-refractivity contribution in [3.63, 3.8) is 0 Å². The molecule has 47 valence electrons. The highest BCUT2D eigenvalue weighted by atomic mass is 32.1. The van der Waals surface area contributed by atoms with Crippen molar-refractivity contribution in [2.45, 2.75) is 25.5 Å². The molecule has 0 unspecified atom stereocenters. The van der Waals surface area contributed by atoms with Crippen LogP contribution in [0.25, 0.3) is 0 Å². The van der Waals surface area contributed by atoms with Gasteiger partial charge in [0, 0.05) is 0 Å². The Morgan fingerprint density at radius 3 is 2.25 bits per heavy atom. The molecular weight excluding hydrogens is 120 g/mol. The van der Waals surface area contributed by atoms with Crippen LogP contribution in [0, 0.1) is 5.92 Å². The molecule has 0 aromatic heterocycles. The first-order chi connectivity index (χ1) is 3.66. The first kappa shape index (κ1) is 8.02. The lowest BCUT2D eigenvalue weighted by molar-refractivity contribution is 0.535. The van der Waals surface area contributed by atoms with Crippen LogP contribution in [0.15, 0.2) is 0 Å².